The van der Waals surface area contributed by atoms with Crippen LogP contribution in [0.5, 0.6) is 0 Å². The molecule has 0 fully saturated rings. The quantitative estimate of drug-likeness (QED) is 0.652. The summed E-state index contributed by atoms with van der Waals surface area (Å²) in [4.78, 5) is 6.87. The lowest BCUT2D eigenvalue weighted by Crippen LogP contribution is -2.36. The Morgan fingerprint density at radius 2 is 1.83 bits per heavy atom. The molecule has 0 N–H and O–H groups in total. The number of amidine groups is 1. The third-order valence-corrected chi connectivity index (χ3v) is 2.05. The summed E-state index contributed by atoms with van der Waals surface area (Å²) in [6, 6.07) is 0.610. The molecular weight excluding hydrogens is 172 g/mol. The summed E-state index contributed by atoms with van der Waals surface area (Å²) in [7, 11) is 0. The summed E-state index contributed by atoms with van der Waals surface area (Å²) in [5, 5.41) is 0. The Morgan fingerprint density at radius 3 is 2.17 bits per heavy atom. The zero-order valence-electron chi connectivity index (χ0n) is 8.37. The van der Waals surface area contributed by atoms with E-state index in [2.05, 4.69) is 37.6 Å². The Balaban J connectivity index is 0.00000121. The molecule has 0 radical (unpaired) electrons. The van der Waals surface area contributed by atoms with Crippen LogP contribution >= 0.6 is 12.4 Å². The van der Waals surface area contributed by atoms with E-state index in [1.165, 1.54) is 5.84 Å². The summed E-state index contributed by atoms with van der Waals surface area (Å²) in [6.45, 7) is 11.0. The molecule has 0 aliphatic carbocycles. The highest BCUT2D eigenvalue weighted by molar-refractivity contribution is 5.85. The first-order valence-corrected chi connectivity index (χ1v) is 4.44. The molecule has 2 nitrogen and oxygen atoms in total. The first-order chi connectivity index (χ1) is 5.13. The van der Waals surface area contributed by atoms with Crippen LogP contribution < -0.4 is 0 Å². The zero-order valence-corrected chi connectivity index (χ0v) is 9.19. The SMILES string of the molecule is CC(C)C1=NCCN1C(C)C.Cl. The predicted octanol–water partition coefficient (Wildman–Crippen LogP) is 2.19. The first kappa shape index (κ1) is 11.8. The first-order valence-electron chi connectivity index (χ1n) is 4.44. The van der Waals surface area contributed by atoms with E-state index >= 15 is 0 Å². The summed E-state index contributed by atoms with van der Waals surface area (Å²) < 4.78 is 0. The summed E-state index contributed by atoms with van der Waals surface area (Å²) in [5.41, 5.74) is 0. The Hall–Kier alpha value is -0.240. The van der Waals surface area contributed by atoms with Gasteiger partial charge in [0.15, 0.2) is 0 Å². The average molecular weight is 191 g/mol. The van der Waals surface area contributed by atoms with Gasteiger partial charge in [-0.15, -0.1) is 12.4 Å². The van der Waals surface area contributed by atoms with Gasteiger partial charge in [0.05, 0.1) is 6.54 Å². The fourth-order valence-corrected chi connectivity index (χ4v) is 1.51. The highest BCUT2D eigenvalue weighted by atomic mass is 35.5. The third kappa shape index (κ3) is 2.37. The number of aliphatic imine (C=N–C) groups is 1. The highest BCUT2D eigenvalue weighted by Crippen LogP contribution is 2.12. The zero-order chi connectivity index (χ0) is 8.43. The normalized spacial score (nSPS) is 16.8. The fraction of sp³-hybridized carbons (Fsp3) is 0.889. The van der Waals surface area contributed by atoms with Crippen LogP contribution in [0.1, 0.15) is 27.7 Å². The molecule has 12 heavy (non-hydrogen) atoms. The standard InChI is InChI=1S/C9H18N2.ClH/c1-7(2)9-10-5-6-11(9)8(3)4;/h7-8H,5-6H2,1-4H3;1H. The van der Waals surface area contributed by atoms with Crippen molar-refractivity contribution in [1.82, 2.24) is 4.90 Å². The minimum absolute atomic E-state index is 0. The second-order valence-corrected chi connectivity index (χ2v) is 3.68. The van der Waals surface area contributed by atoms with Gasteiger partial charge >= 0.3 is 0 Å². The van der Waals surface area contributed by atoms with Crippen LogP contribution in [0.15, 0.2) is 4.99 Å². The molecule has 0 saturated heterocycles. The highest BCUT2D eigenvalue weighted by Gasteiger charge is 2.21. The molecule has 0 atom stereocenters. The van der Waals surface area contributed by atoms with Crippen molar-refractivity contribution in [3.63, 3.8) is 0 Å². The van der Waals surface area contributed by atoms with Gasteiger partial charge in [0, 0.05) is 18.5 Å². The third-order valence-electron chi connectivity index (χ3n) is 2.05. The van der Waals surface area contributed by atoms with Crippen LogP contribution in [-0.2, 0) is 0 Å². The molecule has 0 aromatic heterocycles. The van der Waals surface area contributed by atoms with Gasteiger partial charge in [-0.25, -0.2) is 0 Å². The molecule has 3 heteroatoms. The topological polar surface area (TPSA) is 15.6 Å². The minimum Gasteiger partial charge on any atom is -0.356 e. The Morgan fingerprint density at radius 1 is 1.25 bits per heavy atom. The molecule has 1 rings (SSSR count). The molecule has 0 saturated carbocycles. The lowest BCUT2D eigenvalue weighted by atomic mass is 10.1. The molecule has 0 unspecified atom stereocenters. The van der Waals surface area contributed by atoms with E-state index < -0.39 is 0 Å². The van der Waals surface area contributed by atoms with Crippen LogP contribution in [0.25, 0.3) is 0 Å². The molecular formula is C9H19ClN2. The number of rotatable bonds is 2. The molecule has 0 bridgehead atoms. The van der Waals surface area contributed by atoms with Gasteiger partial charge in [-0.2, -0.15) is 0 Å². The smallest absolute Gasteiger partial charge is 0.102 e. The minimum atomic E-state index is 0. The number of halogens is 1. The molecule has 72 valence electrons. The molecule has 0 amide bonds. The lowest BCUT2D eigenvalue weighted by Gasteiger charge is -2.26. The van der Waals surface area contributed by atoms with Gasteiger partial charge in [0.1, 0.15) is 5.84 Å². The van der Waals surface area contributed by atoms with E-state index in [4.69, 9.17) is 0 Å². The van der Waals surface area contributed by atoms with E-state index in [0.717, 1.165) is 13.1 Å². The molecule has 1 heterocycles. The van der Waals surface area contributed by atoms with Crippen LogP contribution in [0, 0.1) is 5.92 Å². The van der Waals surface area contributed by atoms with Crippen LogP contribution in [-0.4, -0.2) is 29.9 Å². The van der Waals surface area contributed by atoms with Crippen LogP contribution in [0.4, 0.5) is 0 Å². The van der Waals surface area contributed by atoms with Gasteiger partial charge in [-0.1, -0.05) is 13.8 Å². The predicted molar refractivity (Wildman–Crippen MR) is 56.2 cm³/mol. The maximum Gasteiger partial charge on any atom is 0.102 e. The van der Waals surface area contributed by atoms with Crippen molar-refractivity contribution in [3.8, 4) is 0 Å². The van der Waals surface area contributed by atoms with Gasteiger partial charge in [0.25, 0.3) is 0 Å². The van der Waals surface area contributed by atoms with Gasteiger partial charge in [-0.05, 0) is 13.8 Å². The van der Waals surface area contributed by atoms with E-state index in [0.29, 0.717) is 12.0 Å². The van der Waals surface area contributed by atoms with Gasteiger partial charge in [0.2, 0.25) is 0 Å². The molecule has 0 aromatic carbocycles. The average Bonchev–Trinajstić information content (AvgIpc) is 2.32. The van der Waals surface area contributed by atoms with Gasteiger partial charge in [-0.3, -0.25) is 4.99 Å². The number of hydrogen-bond acceptors (Lipinski definition) is 2. The number of hydrogen-bond donors (Lipinski definition) is 0. The molecule has 0 spiro atoms. The summed E-state index contributed by atoms with van der Waals surface area (Å²) >= 11 is 0. The Bertz CT molecular complexity index is 164. The van der Waals surface area contributed by atoms with Crippen molar-refractivity contribution >= 4 is 18.2 Å². The molecule has 0 aromatic rings. The van der Waals surface area contributed by atoms with Crippen LogP contribution in [0.2, 0.25) is 0 Å². The summed E-state index contributed by atoms with van der Waals surface area (Å²) in [5.74, 6) is 1.87. The van der Waals surface area contributed by atoms with Crippen molar-refractivity contribution in [3.05, 3.63) is 0 Å². The maximum atomic E-state index is 4.48. The van der Waals surface area contributed by atoms with Gasteiger partial charge < -0.3 is 4.90 Å². The number of nitrogens with zero attached hydrogens (tertiary/aromatic N) is 2. The van der Waals surface area contributed by atoms with Crippen molar-refractivity contribution < 1.29 is 0 Å². The van der Waals surface area contributed by atoms with Crippen molar-refractivity contribution in [2.24, 2.45) is 10.9 Å². The van der Waals surface area contributed by atoms with E-state index in [-0.39, 0.29) is 12.4 Å². The maximum absolute atomic E-state index is 4.48. The second-order valence-electron chi connectivity index (χ2n) is 3.68. The summed E-state index contributed by atoms with van der Waals surface area (Å²) in [6.07, 6.45) is 0. The van der Waals surface area contributed by atoms with E-state index in [9.17, 15) is 0 Å². The molecule has 1 aliphatic rings. The Labute approximate surface area is 81.5 Å². The van der Waals surface area contributed by atoms with E-state index in [1.807, 2.05) is 0 Å². The van der Waals surface area contributed by atoms with E-state index in [1.54, 1.807) is 0 Å². The lowest BCUT2D eigenvalue weighted by molar-refractivity contribution is 0.366. The largest absolute Gasteiger partial charge is 0.356 e. The second kappa shape index (κ2) is 4.70. The van der Waals surface area contributed by atoms with Crippen molar-refractivity contribution in [1.29, 1.82) is 0 Å². The molecule has 1 aliphatic heterocycles. The Kier molecular flexibility index (Phi) is 4.61. The van der Waals surface area contributed by atoms with Crippen molar-refractivity contribution in [2.45, 2.75) is 33.7 Å². The fourth-order valence-electron chi connectivity index (χ4n) is 1.51. The monoisotopic (exact) mass is 190 g/mol. The van der Waals surface area contributed by atoms with Crippen LogP contribution in [0.3, 0.4) is 0 Å². The van der Waals surface area contributed by atoms with Crippen molar-refractivity contribution in [2.75, 3.05) is 13.1 Å².